The van der Waals surface area contributed by atoms with E-state index < -0.39 is 128 Å². The van der Waals surface area contributed by atoms with Crippen molar-refractivity contribution >= 4 is 11.0 Å². The number of aliphatic hydroxyl groups excluding tert-OH is 10. The molecule has 0 bridgehead atoms. The summed E-state index contributed by atoms with van der Waals surface area (Å²) in [5.74, 6) is -2.19. The third-order valence-electron chi connectivity index (χ3n) is 9.29. The van der Waals surface area contributed by atoms with Crippen molar-refractivity contribution in [3.63, 3.8) is 0 Å². The number of aliphatic hydroxyl groups is 10. The molecular formula is C33H40O20. The highest BCUT2D eigenvalue weighted by molar-refractivity contribution is 5.88. The molecule has 0 spiro atoms. The van der Waals surface area contributed by atoms with Crippen LogP contribution in [0.5, 0.6) is 23.0 Å². The average Bonchev–Trinajstić information content (AvgIpc) is 3.13. The highest BCUT2D eigenvalue weighted by Crippen LogP contribution is 2.39. The van der Waals surface area contributed by atoms with Crippen molar-refractivity contribution in [3.8, 4) is 34.3 Å². The monoisotopic (exact) mass is 756 g/mol. The average molecular weight is 757 g/mol. The fourth-order valence-electron chi connectivity index (χ4n) is 6.23. The molecule has 0 saturated carbocycles. The van der Waals surface area contributed by atoms with Crippen molar-refractivity contribution in [1.29, 1.82) is 0 Å². The number of phenols is 2. The molecule has 292 valence electrons. The zero-order chi connectivity index (χ0) is 38.5. The van der Waals surface area contributed by atoms with Gasteiger partial charge in [-0.25, -0.2) is 0 Å². The second-order valence-electron chi connectivity index (χ2n) is 12.9. The van der Waals surface area contributed by atoms with Gasteiger partial charge in [0.15, 0.2) is 18.2 Å². The molecule has 15 atom stereocenters. The summed E-state index contributed by atoms with van der Waals surface area (Å²) < 4.78 is 39.8. The molecule has 3 saturated heterocycles. The number of benzene rings is 2. The number of hydrogen-bond donors (Lipinski definition) is 12. The number of phenolic OH excluding ortho intramolecular Hbond substituents is 2. The Labute approximate surface area is 298 Å². The lowest BCUT2D eigenvalue weighted by atomic mass is 9.97. The number of aromatic hydroxyl groups is 2. The van der Waals surface area contributed by atoms with Gasteiger partial charge in [-0.1, -0.05) is 0 Å². The second kappa shape index (κ2) is 15.6. The molecule has 0 radical (unpaired) electrons. The number of hydrogen-bond acceptors (Lipinski definition) is 20. The van der Waals surface area contributed by atoms with Gasteiger partial charge >= 0.3 is 0 Å². The molecule has 53 heavy (non-hydrogen) atoms. The van der Waals surface area contributed by atoms with Crippen LogP contribution in [0.15, 0.2) is 45.6 Å². The molecule has 12 N–H and O–H groups in total. The van der Waals surface area contributed by atoms with Crippen LogP contribution in [-0.4, -0.2) is 167 Å². The molecule has 6 rings (SSSR count). The molecule has 4 heterocycles. The Morgan fingerprint density at radius 2 is 1.25 bits per heavy atom. The number of ether oxygens (including phenoxy) is 6. The zero-order valence-corrected chi connectivity index (χ0v) is 27.7. The molecule has 0 amide bonds. The van der Waals surface area contributed by atoms with E-state index in [0.717, 1.165) is 12.1 Å². The lowest BCUT2D eigenvalue weighted by Gasteiger charge is -2.45. The molecule has 3 fully saturated rings. The molecule has 20 nitrogen and oxygen atoms in total. The summed E-state index contributed by atoms with van der Waals surface area (Å²) in [7, 11) is 0. The summed E-state index contributed by atoms with van der Waals surface area (Å²) in [5.41, 5.74) is -1.28. The van der Waals surface area contributed by atoms with Gasteiger partial charge in [-0.15, -0.1) is 0 Å². The Kier molecular flexibility index (Phi) is 11.5. The minimum Gasteiger partial charge on any atom is -0.508 e. The first kappa shape index (κ1) is 39.0. The molecule has 3 aromatic rings. The lowest BCUT2D eigenvalue weighted by molar-refractivity contribution is -0.358. The van der Waals surface area contributed by atoms with Crippen molar-refractivity contribution < 1.29 is 94.1 Å². The van der Waals surface area contributed by atoms with Crippen molar-refractivity contribution in [2.45, 2.75) is 99.0 Å². The predicted octanol–water partition coefficient (Wildman–Crippen LogP) is -3.92. The van der Waals surface area contributed by atoms with Crippen molar-refractivity contribution in [2.75, 3.05) is 13.2 Å². The number of fused-ring (bicyclic) bond motifs is 1. The van der Waals surface area contributed by atoms with E-state index in [4.69, 9.17) is 32.8 Å². The Hall–Kier alpha value is -3.71. The van der Waals surface area contributed by atoms with Gasteiger partial charge in [0.2, 0.25) is 23.8 Å². The van der Waals surface area contributed by atoms with Crippen molar-refractivity contribution in [1.82, 2.24) is 0 Å². The van der Waals surface area contributed by atoms with Crippen molar-refractivity contribution in [3.05, 3.63) is 46.6 Å². The summed E-state index contributed by atoms with van der Waals surface area (Å²) in [5, 5.41) is 123. The third kappa shape index (κ3) is 7.39. The van der Waals surface area contributed by atoms with E-state index in [0.29, 0.717) is 0 Å². The van der Waals surface area contributed by atoms with Gasteiger partial charge in [0.1, 0.15) is 89.3 Å². The van der Waals surface area contributed by atoms with Gasteiger partial charge in [-0.3, -0.25) is 4.79 Å². The molecule has 20 heteroatoms. The van der Waals surface area contributed by atoms with E-state index in [1.165, 1.54) is 31.2 Å². The minimum absolute atomic E-state index is 0.0982. The van der Waals surface area contributed by atoms with Gasteiger partial charge < -0.3 is 94.1 Å². The van der Waals surface area contributed by atoms with Gasteiger partial charge in [-0.2, -0.15) is 0 Å². The molecule has 1 aromatic heterocycles. The van der Waals surface area contributed by atoms with Crippen LogP contribution in [-0.2, 0) is 18.9 Å². The first-order valence-electron chi connectivity index (χ1n) is 16.4. The largest absolute Gasteiger partial charge is 0.508 e. The second-order valence-corrected chi connectivity index (χ2v) is 12.9. The smallest absolute Gasteiger partial charge is 0.239 e. The van der Waals surface area contributed by atoms with Crippen LogP contribution in [0.4, 0.5) is 0 Å². The Morgan fingerprint density at radius 3 is 1.89 bits per heavy atom. The third-order valence-corrected chi connectivity index (χ3v) is 9.29. The summed E-state index contributed by atoms with van der Waals surface area (Å²) in [4.78, 5) is 14.2. The molecule has 0 unspecified atom stereocenters. The highest BCUT2D eigenvalue weighted by Gasteiger charge is 2.52. The fourth-order valence-corrected chi connectivity index (χ4v) is 6.23. The van der Waals surface area contributed by atoms with Crippen LogP contribution < -0.4 is 14.9 Å². The maximum Gasteiger partial charge on any atom is 0.239 e. The van der Waals surface area contributed by atoms with E-state index in [-0.39, 0.29) is 28.4 Å². The standard InChI is InChI=1S/C33H40O20/c1-10-19(38)23(42)26(45)31(47-10)48-13-6-14(37)18-15(7-13)49-28(11-2-4-12(36)5-3-11)29(22(18)41)52-33-30(25(44)21(40)17(9-35)51-33)53-32-27(46)24(43)20(39)16(8-34)50-32/h2-7,10,16-17,19-21,23-27,30-40,42-46H,8-9H2,1H3/t10-,16+,17+,19-,20+,21-,23+,24-,25-,26+,27+,30+,31-,32-,33-/m0/s1. The van der Waals surface area contributed by atoms with E-state index in [1.807, 2.05) is 0 Å². The van der Waals surface area contributed by atoms with Gasteiger partial charge in [-0.05, 0) is 31.2 Å². The van der Waals surface area contributed by atoms with Gasteiger partial charge in [0.05, 0.1) is 19.3 Å². The number of rotatable bonds is 9. The zero-order valence-electron chi connectivity index (χ0n) is 27.7. The first-order valence-corrected chi connectivity index (χ1v) is 16.4. The topological polar surface area (TPSA) is 328 Å². The molecule has 3 aliphatic heterocycles. The van der Waals surface area contributed by atoms with Crippen LogP contribution in [0.2, 0.25) is 0 Å². The minimum atomic E-state index is -1.99. The molecular weight excluding hydrogens is 716 g/mol. The van der Waals surface area contributed by atoms with Crippen molar-refractivity contribution in [2.24, 2.45) is 0 Å². The fraction of sp³-hybridized carbons (Fsp3) is 0.545. The highest BCUT2D eigenvalue weighted by atomic mass is 16.8. The predicted molar refractivity (Wildman–Crippen MR) is 171 cm³/mol. The lowest BCUT2D eigenvalue weighted by Crippen LogP contribution is -2.65. The molecule has 2 aromatic carbocycles. The Bertz CT molecular complexity index is 1780. The van der Waals surface area contributed by atoms with Crippen LogP contribution >= 0.6 is 0 Å². The summed E-state index contributed by atoms with van der Waals surface area (Å²) in [6, 6.07) is 7.25. The van der Waals surface area contributed by atoms with Crippen LogP contribution in [0.25, 0.3) is 22.3 Å². The summed E-state index contributed by atoms with van der Waals surface area (Å²) in [6.07, 6.45) is -25.5. The quantitative estimate of drug-likeness (QED) is 0.0992. The van der Waals surface area contributed by atoms with Crippen LogP contribution in [0, 0.1) is 0 Å². The van der Waals surface area contributed by atoms with E-state index in [1.54, 1.807) is 0 Å². The van der Waals surface area contributed by atoms with E-state index >= 15 is 0 Å². The first-order chi connectivity index (χ1) is 25.1. The molecule has 3 aliphatic rings. The van der Waals surface area contributed by atoms with Gasteiger partial charge in [0, 0.05) is 17.7 Å². The SMILES string of the molecule is C[C@@H]1O[C@@H](Oc2cc(O)c3c(=O)c(O[C@@H]4O[C@H](CO)[C@H](O)[C@H](O)[C@H]4O[C@@H]4O[C@H](CO)[C@@H](O)[C@H](O)[C@H]4O)c(-c4ccc(O)cc4)oc3c2)[C@H](O)[C@H](O)[C@H]1O. The normalized spacial score (nSPS) is 37.8. The van der Waals surface area contributed by atoms with Crippen LogP contribution in [0.1, 0.15) is 6.92 Å². The Balaban J connectivity index is 1.41. The summed E-state index contributed by atoms with van der Waals surface area (Å²) >= 11 is 0. The van der Waals surface area contributed by atoms with Crippen LogP contribution in [0.3, 0.4) is 0 Å². The summed E-state index contributed by atoms with van der Waals surface area (Å²) in [6.45, 7) is -0.275. The maximum atomic E-state index is 14.2. The Morgan fingerprint density at radius 1 is 0.660 bits per heavy atom. The maximum absolute atomic E-state index is 14.2. The van der Waals surface area contributed by atoms with Gasteiger partial charge in [0.25, 0.3) is 0 Å². The van der Waals surface area contributed by atoms with E-state index in [2.05, 4.69) is 0 Å². The van der Waals surface area contributed by atoms with E-state index in [9.17, 15) is 66.1 Å². The molecule has 0 aliphatic carbocycles.